The third-order valence-corrected chi connectivity index (χ3v) is 2.95. The predicted molar refractivity (Wildman–Crippen MR) is 81.4 cm³/mol. The summed E-state index contributed by atoms with van der Waals surface area (Å²) in [5.74, 6) is 0.172. The van der Waals surface area contributed by atoms with Crippen LogP contribution in [0.4, 0.5) is 0 Å². The second-order valence-corrected chi connectivity index (χ2v) is 4.87. The number of azide groups is 1. The van der Waals surface area contributed by atoms with E-state index >= 15 is 0 Å². The van der Waals surface area contributed by atoms with Gasteiger partial charge in [-0.05, 0) is 37.4 Å². The predicted octanol–water partition coefficient (Wildman–Crippen LogP) is 3.24. The fourth-order valence-electron chi connectivity index (χ4n) is 1.79. The maximum atomic E-state index is 11.9. The Hall–Kier alpha value is -2.24. The molecule has 0 N–H and O–H groups in total. The summed E-state index contributed by atoms with van der Waals surface area (Å²) in [4.78, 5) is 29.4. The topological polar surface area (TPSA) is 105 Å². The summed E-state index contributed by atoms with van der Waals surface area (Å²) in [7, 11) is 0. The lowest BCUT2D eigenvalue weighted by Crippen LogP contribution is -2.04. The van der Waals surface area contributed by atoms with Crippen LogP contribution >= 0.6 is 0 Å². The van der Waals surface area contributed by atoms with Crippen molar-refractivity contribution in [2.24, 2.45) is 5.11 Å². The van der Waals surface area contributed by atoms with E-state index in [1.165, 1.54) is 6.20 Å². The van der Waals surface area contributed by atoms with Crippen LogP contribution in [0.5, 0.6) is 0 Å². The van der Waals surface area contributed by atoms with Gasteiger partial charge in [0.2, 0.25) is 0 Å². The highest BCUT2D eigenvalue weighted by molar-refractivity contribution is 5.95. The van der Waals surface area contributed by atoms with Crippen LogP contribution in [-0.2, 0) is 16.1 Å². The molecule has 0 aromatic carbocycles. The largest absolute Gasteiger partial charge is 0.381 e. The van der Waals surface area contributed by atoms with Gasteiger partial charge < -0.3 is 9.53 Å². The minimum Gasteiger partial charge on any atom is -0.381 e. The molecule has 0 saturated heterocycles. The molecular formula is C15H20N4O3. The summed E-state index contributed by atoms with van der Waals surface area (Å²) < 4.78 is 5.37. The fourth-order valence-corrected chi connectivity index (χ4v) is 1.79. The third kappa shape index (κ3) is 7.52. The summed E-state index contributed by atoms with van der Waals surface area (Å²) in [6.07, 6.45) is 3.79. The van der Waals surface area contributed by atoms with Crippen molar-refractivity contribution < 1.29 is 14.3 Å². The van der Waals surface area contributed by atoms with E-state index in [-0.39, 0.29) is 18.1 Å². The summed E-state index contributed by atoms with van der Waals surface area (Å²) >= 11 is 0. The van der Waals surface area contributed by atoms with Gasteiger partial charge in [0, 0.05) is 48.4 Å². The first-order valence-electron chi connectivity index (χ1n) is 7.19. The molecule has 0 bridgehead atoms. The number of hydrogen-bond acceptors (Lipinski definition) is 5. The summed E-state index contributed by atoms with van der Waals surface area (Å²) in [5.41, 5.74) is 9.39. The van der Waals surface area contributed by atoms with Gasteiger partial charge in [0.25, 0.3) is 0 Å². The van der Waals surface area contributed by atoms with Gasteiger partial charge in [0.1, 0.15) is 5.78 Å². The van der Waals surface area contributed by atoms with Crippen molar-refractivity contribution in [2.75, 3.05) is 13.2 Å². The van der Waals surface area contributed by atoms with Crippen LogP contribution in [0, 0.1) is 0 Å². The summed E-state index contributed by atoms with van der Waals surface area (Å²) in [5, 5.41) is 3.41. The van der Waals surface area contributed by atoms with Gasteiger partial charge in [-0.2, -0.15) is 0 Å². The zero-order valence-corrected chi connectivity index (χ0v) is 12.7. The van der Waals surface area contributed by atoms with Gasteiger partial charge in [0.05, 0.1) is 6.54 Å². The number of carbonyl (C=O) groups excluding carboxylic acids is 2. The molecule has 7 nitrogen and oxygen atoms in total. The zero-order chi connectivity index (χ0) is 16.2. The van der Waals surface area contributed by atoms with E-state index < -0.39 is 0 Å². The van der Waals surface area contributed by atoms with Crippen LogP contribution in [0.1, 0.15) is 48.7 Å². The summed E-state index contributed by atoms with van der Waals surface area (Å²) in [6, 6.07) is 3.37. The van der Waals surface area contributed by atoms with Crippen molar-refractivity contribution in [2.45, 2.75) is 39.2 Å². The van der Waals surface area contributed by atoms with Gasteiger partial charge >= 0.3 is 0 Å². The molecule has 0 saturated carbocycles. The third-order valence-electron chi connectivity index (χ3n) is 2.95. The number of hydrogen-bond donors (Lipinski definition) is 0. The Bertz CT molecular complexity index is 536. The Kier molecular flexibility index (Phi) is 8.49. The van der Waals surface area contributed by atoms with E-state index in [2.05, 4.69) is 15.0 Å². The smallest absolute Gasteiger partial charge is 0.164 e. The fraction of sp³-hybridized carbons (Fsp3) is 0.533. The molecule has 1 aromatic rings. The van der Waals surface area contributed by atoms with Crippen LogP contribution in [0.25, 0.3) is 10.4 Å². The quantitative estimate of drug-likeness (QED) is 0.206. The Morgan fingerprint density at radius 2 is 2.00 bits per heavy atom. The normalized spacial score (nSPS) is 10.0. The highest BCUT2D eigenvalue weighted by Gasteiger charge is 2.06. The molecule has 0 unspecified atom stereocenters. The monoisotopic (exact) mass is 304 g/mol. The molecule has 1 heterocycles. The number of ether oxygens (including phenoxy) is 1. The van der Waals surface area contributed by atoms with Gasteiger partial charge in [-0.3, -0.25) is 9.78 Å². The Balaban J connectivity index is 2.22. The van der Waals surface area contributed by atoms with Crippen molar-refractivity contribution in [3.05, 3.63) is 40.0 Å². The van der Waals surface area contributed by atoms with Crippen molar-refractivity contribution in [3.63, 3.8) is 0 Å². The lowest BCUT2D eigenvalue weighted by molar-refractivity contribution is -0.117. The van der Waals surface area contributed by atoms with Crippen LogP contribution in [0.15, 0.2) is 23.4 Å². The van der Waals surface area contributed by atoms with E-state index in [9.17, 15) is 9.59 Å². The maximum Gasteiger partial charge on any atom is 0.164 e. The molecule has 0 aliphatic carbocycles. The number of aromatic nitrogens is 1. The van der Waals surface area contributed by atoms with Crippen molar-refractivity contribution in [1.29, 1.82) is 0 Å². The molecular weight excluding hydrogens is 284 g/mol. The van der Waals surface area contributed by atoms with Gasteiger partial charge in [-0.25, -0.2) is 0 Å². The average Bonchev–Trinajstić information content (AvgIpc) is 2.52. The summed E-state index contributed by atoms with van der Waals surface area (Å²) in [6.45, 7) is 2.79. The molecule has 1 rings (SSSR count). The Morgan fingerprint density at radius 1 is 1.27 bits per heavy atom. The van der Waals surface area contributed by atoms with E-state index in [0.29, 0.717) is 43.7 Å². The average molecular weight is 304 g/mol. The molecule has 0 amide bonds. The van der Waals surface area contributed by atoms with Crippen LogP contribution in [0.3, 0.4) is 0 Å². The lowest BCUT2D eigenvalue weighted by Gasteiger charge is -2.04. The Labute approximate surface area is 129 Å². The Morgan fingerprint density at radius 3 is 2.59 bits per heavy atom. The van der Waals surface area contributed by atoms with Crippen molar-refractivity contribution in [1.82, 2.24) is 4.98 Å². The van der Waals surface area contributed by atoms with Gasteiger partial charge in [-0.15, -0.1) is 0 Å². The molecule has 0 atom stereocenters. The second-order valence-electron chi connectivity index (χ2n) is 4.87. The van der Waals surface area contributed by atoms with E-state index in [1.807, 2.05) is 0 Å². The number of ketones is 2. The lowest BCUT2D eigenvalue weighted by atomic mass is 10.1. The standard InChI is InChI=1S/C15H20N4O3/c1-12(20)4-2-8-22-9-3-5-15(21)13-6-7-14(17-10-13)11-18-19-16/h6-7,10H,2-5,8-9,11H2,1H3. The first-order valence-corrected chi connectivity index (χ1v) is 7.19. The number of pyridine rings is 1. The van der Waals surface area contributed by atoms with E-state index in [0.717, 1.165) is 6.42 Å². The zero-order valence-electron chi connectivity index (χ0n) is 12.7. The minimum atomic E-state index is 0.00942. The second kappa shape index (κ2) is 10.5. The van der Waals surface area contributed by atoms with Crippen LogP contribution in [-0.4, -0.2) is 29.8 Å². The van der Waals surface area contributed by atoms with E-state index in [1.54, 1.807) is 19.1 Å². The first kappa shape index (κ1) is 17.8. The first-order chi connectivity index (χ1) is 10.6. The molecule has 0 fully saturated rings. The molecule has 118 valence electrons. The van der Waals surface area contributed by atoms with E-state index in [4.69, 9.17) is 10.3 Å². The molecule has 0 radical (unpaired) electrons. The number of rotatable bonds is 11. The molecule has 0 aliphatic heterocycles. The number of carbonyl (C=O) groups is 2. The van der Waals surface area contributed by atoms with Gasteiger partial charge in [-0.1, -0.05) is 5.11 Å². The van der Waals surface area contributed by atoms with Crippen molar-refractivity contribution >= 4 is 11.6 Å². The maximum absolute atomic E-state index is 11.9. The molecule has 0 spiro atoms. The highest BCUT2D eigenvalue weighted by atomic mass is 16.5. The minimum absolute atomic E-state index is 0.00942. The number of Topliss-reactive ketones (excluding diaryl/α,β-unsaturated/α-hetero) is 2. The highest BCUT2D eigenvalue weighted by Crippen LogP contribution is 2.07. The molecule has 0 aliphatic rings. The molecule has 22 heavy (non-hydrogen) atoms. The van der Waals surface area contributed by atoms with Crippen LogP contribution in [0.2, 0.25) is 0 Å². The SMILES string of the molecule is CC(=O)CCCOCCCC(=O)c1ccc(CN=[N+]=[N-])nc1. The molecule has 7 heteroatoms. The molecule has 1 aromatic heterocycles. The number of nitrogens with zero attached hydrogens (tertiary/aromatic N) is 4. The van der Waals surface area contributed by atoms with Crippen LogP contribution < -0.4 is 0 Å². The van der Waals surface area contributed by atoms with Gasteiger partial charge in [0.15, 0.2) is 5.78 Å². The van der Waals surface area contributed by atoms with Crippen molar-refractivity contribution in [3.8, 4) is 0 Å².